The van der Waals surface area contributed by atoms with Gasteiger partial charge in [0.15, 0.2) is 5.82 Å². The maximum Gasteiger partial charge on any atom is 0.153 e. The number of halogens is 3. The molecule has 104 valence electrons. The molecule has 0 fully saturated rings. The largest absolute Gasteiger partial charge is 0.385 e. The molecule has 2 rings (SSSR count). The zero-order valence-corrected chi connectivity index (χ0v) is 11.5. The van der Waals surface area contributed by atoms with Crippen LogP contribution in [0.5, 0.6) is 0 Å². The second kappa shape index (κ2) is 5.84. The number of ether oxygens (including phenoxy) is 1. The number of hydrogen-bond donors (Lipinski definition) is 0. The molecule has 1 aromatic heterocycles. The van der Waals surface area contributed by atoms with Gasteiger partial charge in [0.1, 0.15) is 17.2 Å². The van der Waals surface area contributed by atoms with Gasteiger partial charge in [-0.3, -0.25) is 0 Å². The van der Waals surface area contributed by atoms with Gasteiger partial charge in [-0.25, -0.2) is 13.8 Å². The number of benzene rings is 1. The van der Waals surface area contributed by atoms with E-state index in [1.807, 2.05) is 6.92 Å². The monoisotopic (exact) mass is 288 g/mol. The number of methoxy groups -OCH3 is 1. The zero-order valence-electron chi connectivity index (χ0n) is 10.8. The molecular formula is C13H15ClF2N2O. The van der Waals surface area contributed by atoms with E-state index in [1.165, 1.54) is 6.07 Å². The average Bonchev–Trinajstić information content (AvgIpc) is 2.74. The molecule has 2 aromatic rings. The van der Waals surface area contributed by atoms with E-state index in [-0.39, 0.29) is 17.4 Å². The molecule has 1 unspecified atom stereocenters. The Labute approximate surface area is 115 Å². The Hall–Kier alpha value is -1.20. The summed E-state index contributed by atoms with van der Waals surface area (Å²) in [5.74, 6) is -0.609. The van der Waals surface area contributed by atoms with Crippen molar-refractivity contribution in [3.63, 3.8) is 0 Å². The summed E-state index contributed by atoms with van der Waals surface area (Å²) < 4.78 is 33.9. The molecular weight excluding hydrogens is 274 g/mol. The van der Waals surface area contributed by atoms with E-state index >= 15 is 0 Å². The van der Waals surface area contributed by atoms with Crippen LogP contribution in [0.25, 0.3) is 11.0 Å². The fraction of sp³-hybridized carbons (Fsp3) is 0.462. The molecule has 3 nitrogen and oxygen atoms in total. The van der Waals surface area contributed by atoms with Crippen LogP contribution in [0.15, 0.2) is 12.1 Å². The predicted octanol–water partition coefficient (Wildman–Crippen LogP) is 3.65. The molecule has 6 heteroatoms. The van der Waals surface area contributed by atoms with Crippen LogP contribution in [-0.4, -0.2) is 23.3 Å². The first-order chi connectivity index (χ1) is 9.08. The van der Waals surface area contributed by atoms with Crippen LogP contribution in [0, 0.1) is 11.6 Å². The highest BCUT2D eigenvalue weighted by Gasteiger charge is 2.18. The first-order valence-corrected chi connectivity index (χ1v) is 6.52. The summed E-state index contributed by atoms with van der Waals surface area (Å²) in [7, 11) is 1.61. The summed E-state index contributed by atoms with van der Waals surface area (Å²) in [6, 6.07) is 2.11. The third kappa shape index (κ3) is 2.72. The minimum atomic E-state index is -0.668. The van der Waals surface area contributed by atoms with Gasteiger partial charge in [-0.2, -0.15) is 0 Å². The number of fused-ring (bicyclic) bond motifs is 1. The lowest BCUT2D eigenvalue weighted by Crippen LogP contribution is -2.10. The highest BCUT2D eigenvalue weighted by Crippen LogP contribution is 2.26. The Morgan fingerprint density at radius 1 is 1.42 bits per heavy atom. The Kier molecular flexibility index (Phi) is 4.37. The first-order valence-electron chi connectivity index (χ1n) is 5.99. The van der Waals surface area contributed by atoms with E-state index in [0.29, 0.717) is 24.4 Å². The molecule has 0 spiro atoms. The maximum absolute atomic E-state index is 13.7. The highest BCUT2D eigenvalue weighted by molar-refractivity contribution is 6.16. The van der Waals surface area contributed by atoms with Gasteiger partial charge in [0.2, 0.25) is 0 Å². The summed E-state index contributed by atoms with van der Waals surface area (Å²) in [4.78, 5) is 4.15. The zero-order chi connectivity index (χ0) is 14.0. The number of aromatic nitrogens is 2. The summed E-state index contributed by atoms with van der Waals surface area (Å²) in [5.41, 5.74) is 0.582. The number of rotatable bonds is 5. The van der Waals surface area contributed by atoms with E-state index < -0.39 is 11.6 Å². The quantitative estimate of drug-likeness (QED) is 0.785. The molecule has 0 saturated heterocycles. The Balaban J connectivity index is 2.56. The van der Waals surface area contributed by atoms with Crippen molar-refractivity contribution in [2.45, 2.75) is 25.3 Å². The molecule has 1 heterocycles. The molecule has 0 amide bonds. The fourth-order valence-electron chi connectivity index (χ4n) is 2.17. The second-order valence-corrected chi connectivity index (χ2v) is 4.68. The van der Waals surface area contributed by atoms with Crippen LogP contribution in [0.4, 0.5) is 8.78 Å². The maximum atomic E-state index is 13.7. The Morgan fingerprint density at radius 2 is 2.16 bits per heavy atom. The average molecular weight is 289 g/mol. The van der Waals surface area contributed by atoms with Crippen LogP contribution in [0.2, 0.25) is 0 Å². The van der Waals surface area contributed by atoms with E-state index in [9.17, 15) is 8.78 Å². The molecule has 19 heavy (non-hydrogen) atoms. The van der Waals surface area contributed by atoms with Gasteiger partial charge in [0.05, 0.1) is 11.4 Å². The van der Waals surface area contributed by atoms with Gasteiger partial charge < -0.3 is 9.30 Å². The lowest BCUT2D eigenvalue weighted by molar-refractivity contribution is 0.181. The van der Waals surface area contributed by atoms with Gasteiger partial charge >= 0.3 is 0 Å². The van der Waals surface area contributed by atoms with Crippen molar-refractivity contribution in [2.75, 3.05) is 13.7 Å². The lowest BCUT2D eigenvalue weighted by Gasteiger charge is -2.16. The standard InChI is InChI=1S/C13H15ClF2N2O/c1-8(3-4-19-2)18-11-6-9(15)5-10(16)13(11)17-12(18)7-14/h5-6,8H,3-4,7H2,1-2H3. The van der Waals surface area contributed by atoms with Crippen molar-refractivity contribution in [3.05, 3.63) is 29.6 Å². The molecule has 0 aliphatic rings. The van der Waals surface area contributed by atoms with Crippen molar-refractivity contribution < 1.29 is 13.5 Å². The van der Waals surface area contributed by atoms with Crippen molar-refractivity contribution >= 4 is 22.6 Å². The Morgan fingerprint density at radius 3 is 2.79 bits per heavy atom. The van der Waals surface area contributed by atoms with Crippen molar-refractivity contribution in [1.82, 2.24) is 9.55 Å². The molecule has 0 saturated carbocycles. The fourth-order valence-corrected chi connectivity index (χ4v) is 2.36. The predicted molar refractivity (Wildman–Crippen MR) is 70.4 cm³/mol. The number of alkyl halides is 1. The lowest BCUT2D eigenvalue weighted by atomic mass is 10.2. The molecule has 0 bridgehead atoms. The minimum absolute atomic E-state index is 0.0000926. The summed E-state index contributed by atoms with van der Waals surface area (Å²) in [5, 5.41) is 0. The van der Waals surface area contributed by atoms with Gasteiger partial charge in [0, 0.05) is 25.8 Å². The van der Waals surface area contributed by atoms with E-state index in [0.717, 1.165) is 6.07 Å². The van der Waals surface area contributed by atoms with Crippen LogP contribution in [0.1, 0.15) is 25.2 Å². The topological polar surface area (TPSA) is 27.1 Å². The van der Waals surface area contributed by atoms with E-state index in [4.69, 9.17) is 16.3 Å². The molecule has 1 atom stereocenters. The van der Waals surface area contributed by atoms with Crippen LogP contribution < -0.4 is 0 Å². The minimum Gasteiger partial charge on any atom is -0.385 e. The Bertz CT molecular complexity index is 586. The molecule has 0 aliphatic carbocycles. The third-order valence-corrected chi connectivity index (χ3v) is 3.33. The van der Waals surface area contributed by atoms with Crippen LogP contribution in [-0.2, 0) is 10.6 Å². The summed E-state index contributed by atoms with van der Waals surface area (Å²) in [6.45, 7) is 2.50. The smallest absolute Gasteiger partial charge is 0.153 e. The summed E-state index contributed by atoms with van der Waals surface area (Å²) in [6.07, 6.45) is 0.712. The van der Waals surface area contributed by atoms with Crippen molar-refractivity contribution in [2.24, 2.45) is 0 Å². The highest BCUT2D eigenvalue weighted by atomic mass is 35.5. The SMILES string of the molecule is COCCC(C)n1c(CCl)nc2c(F)cc(F)cc21. The summed E-state index contributed by atoms with van der Waals surface area (Å²) >= 11 is 5.84. The van der Waals surface area contributed by atoms with Gasteiger partial charge in [-0.15, -0.1) is 11.6 Å². The van der Waals surface area contributed by atoms with Crippen molar-refractivity contribution in [1.29, 1.82) is 0 Å². The van der Waals surface area contributed by atoms with E-state index in [1.54, 1.807) is 11.7 Å². The number of hydrogen-bond acceptors (Lipinski definition) is 2. The number of nitrogens with zero attached hydrogens (tertiary/aromatic N) is 2. The van der Waals surface area contributed by atoms with Gasteiger partial charge in [0.25, 0.3) is 0 Å². The molecule has 0 radical (unpaired) electrons. The third-order valence-electron chi connectivity index (χ3n) is 3.09. The van der Waals surface area contributed by atoms with E-state index in [2.05, 4.69) is 4.98 Å². The second-order valence-electron chi connectivity index (χ2n) is 4.42. The normalized spacial score (nSPS) is 13.1. The van der Waals surface area contributed by atoms with Gasteiger partial charge in [-0.05, 0) is 19.4 Å². The van der Waals surface area contributed by atoms with Crippen molar-refractivity contribution in [3.8, 4) is 0 Å². The molecule has 0 aliphatic heterocycles. The molecule has 0 N–H and O–H groups in total. The van der Waals surface area contributed by atoms with Crippen LogP contribution >= 0.6 is 11.6 Å². The molecule has 1 aromatic carbocycles. The van der Waals surface area contributed by atoms with Gasteiger partial charge in [-0.1, -0.05) is 0 Å². The first kappa shape index (κ1) is 14.2. The number of imidazole rings is 1. The van der Waals surface area contributed by atoms with Crippen LogP contribution in [0.3, 0.4) is 0 Å².